The Morgan fingerprint density at radius 1 is 1.29 bits per heavy atom. The zero-order valence-corrected chi connectivity index (χ0v) is 12.3. The van der Waals surface area contributed by atoms with Crippen LogP contribution in [0.15, 0.2) is 0 Å². The number of rotatable bonds is 4. The summed E-state index contributed by atoms with van der Waals surface area (Å²) in [6.07, 6.45) is 4.16. The third-order valence-electron chi connectivity index (χ3n) is 5.09. The first-order valence-corrected chi connectivity index (χ1v) is 7.48. The molecule has 0 spiro atoms. The van der Waals surface area contributed by atoms with Crippen molar-refractivity contribution in [2.75, 3.05) is 13.1 Å². The van der Waals surface area contributed by atoms with Gasteiger partial charge in [0.15, 0.2) is 0 Å². The number of hydrogen-bond donors (Lipinski definition) is 1. The fraction of sp³-hybridized carbons (Fsp3) is 1.00. The monoisotopic (exact) mass is 238 g/mol. The van der Waals surface area contributed by atoms with Gasteiger partial charge in [0.1, 0.15) is 0 Å². The van der Waals surface area contributed by atoms with E-state index in [1.54, 1.807) is 0 Å². The lowest BCUT2D eigenvalue weighted by atomic mass is 9.86. The lowest BCUT2D eigenvalue weighted by Crippen LogP contribution is -2.66. The van der Waals surface area contributed by atoms with Crippen LogP contribution in [0.2, 0.25) is 0 Å². The molecule has 3 unspecified atom stereocenters. The molecule has 17 heavy (non-hydrogen) atoms. The van der Waals surface area contributed by atoms with Crippen LogP contribution in [-0.4, -0.2) is 35.6 Å². The Labute approximate surface area is 107 Å². The molecule has 1 saturated heterocycles. The molecule has 1 aliphatic heterocycles. The third-order valence-corrected chi connectivity index (χ3v) is 5.09. The van der Waals surface area contributed by atoms with Crippen LogP contribution in [0.5, 0.6) is 0 Å². The standard InChI is InChI=1S/C15H30N2/c1-6-12(4)14-9-16-15(5,13-7-8-13)10-17(14)11(2)3/h11-14,16H,6-10H2,1-5H3. The molecule has 3 atom stereocenters. The molecule has 0 bridgehead atoms. The van der Waals surface area contributed by atoms with Crippen LogP contribution in [0.4, 0.5) is 0 Å². The SMILES string of the molecule is CCC(C)C1CNC(C)(C2CC2)CN1C(C)C. The van der Waals surface area contributed by atoms with Gasteiger partial charge in [-0.15, -0.1) is 0 Å². The molecule has 0 radical (unpaired) electrons. The van der Waals surface area contributed by atoms with Gasteiger partial charge >= 0.3 is 0 Å². The van der Waals surface area contributed by atoms with Gasteiger partial charge in [0.25, 0.3) is 0 Å². The second-order valence-corrected chi connectivity index (χ2v) is 6.79. The topological polar surface area (TPSA) is 15.3 Å². The fourth-order valence-corrected chi connectivity index (χ4v) is 3.37. The molecule has 0 aromatic carbocycles. The zero-order chi connectivity index (χ0) is 12.6. The van der Waals surface area contributed by atoms with Gasteiger partial charge in [-0.05, 0) is 45.4 Å². The fourth-order valence-electron chi connectivity index (χ4n) is 3.37. The lowest BCUT2D eigenvalue weighted by molar-refractivity contribution is 0.0246. The first-order chi connectivity index (χ1) is 7.98. The Morgan fingerprint density at radius 3 is 2.41 bits per heavy atom. The molecule has 0 aromatic heterocycles. The molecule has 2 fully saturated rings. The highest BCUT2D eigenvalue weighted by Gasteiger charge is 2.47. The van der Waals surface area contributed by atoms with Gasteiger partial charge in [-0.25, -0.2) is 0 Å². The smallest absolute Gasteiger partial charge is 0.0309 e. The summed E-state index contributed by atoms with van der Waals surface area (Å²) < 4.78 is 0. The highest BCUT2D eigenvalue weighted by Crippen LogP contribution is 2.42. The summed E-state index contributed by atoms with van der Waals surface area (Å²) in [6, 6.07) is 1.40. The van der Waals surface area contributed by atoms with Crippen molar-refractivity contribution >= 4 is 0 Å². The Kier molecular flexibility index (Phi) is 3.84. The van der Waals surface area contributed by atoms with Gasteiger partial charge in [0.2, 0.25) is 0 Å². The maximum Gasteiger partial charge on any atom is 0.0309 e. The predicted octanol–water partition coefficient (Wildman–Crippen LogP) is 2.88. The van der Waals surface area contributed by atoms with Gasteiger partial charge in [0.05, 0.1) is 0 Å². The Bertz CT molecular complexity index is 260. The van der Waals surface area contributed by atoms with Crippen molar-refractivity contribution in [1.29, 1.82) is 0 Å². The maximum absolute atomic E-state index is 3.87. The molecule has 1 heterocycles. The molecule has 1 N–H and O–H groups in total. The normalized spacial score (nSPS) is 37.4. The van der Waals surface area contributed by atoms with E-state index >= 15 is 0 Å². The van der Waals surface area contributed by atoms with E-state index in [2.05, 4.69) is 44.8 Å². The second-order valence-electron chi connectivity index (χ2n) is 6.79. The minimum Gasteiger partial charge on any atom is -0.308 e. The molecule has 0 amide bonds. The van der Waals surface area contributed by atoms with Crippen molar-refractivity contribution in [3.8, 4) is 0 Å². The van der Waals surface area contributed by atoms with Crippen LogP contribution in [-0.2, 0) is 0 Å². The van der Waals surface area contributed by atoms with Gasteiger partial charge in [-0.3, -0.25) is 4.90 Å². The van der Waals surface area contributed by atoms with E-state index in [0.29, 0.717) is 11.6 Å². The van der Waals surface area contributed by atoms with Gasteiger partial charge in [-0.1, -0.05) is 20.3 Å². The number of nitrogens with zero attached hydrogens (tertiary/aromatic N) is 1. The van der Waals surface area contributed by atoms with Crippen molar-refractivity contribution in [2.24, 2.45) is 11.8 Å². The summed E-state index contributed by atoms with van der Waals surface area (Å²) in [6.45, 7) is 14.3. The molecule has 2 nitrogen and oxygen atoms in total. The van der Waals surface area contributed by atoms with Gasteiger partial charge < -0.3 is 5.32 Å². The van der Waals surface area contributed by atoms with Crippen molar-refractivity contribution in [3.05, 3.63) is 0 Å². The van der Waals surface area contributed by atoms with Crippen LogP contribution in [0.25, 0.3) is 0 Å². The van der Waals surface area contributed by atoms with E-state index in [0.717, 1.165) is 17.9 Å². The number of hydrogen-bond acceptors (Lipinski definition) is 2. The molecule has 2 aliphatic rings. The number of nitrogens with one attached hydrogen (secondary N) is 1. The summed E-state index contributed by atoms with van der Waals surface area (Å²) in [5.41, 5.74) is 0.383. The van der Waals surface area contributed by atoms with Crippen LogP contribution >= 0.6 is 0 Å². The summed E-state index contributed by atoms with van der Waals surface area (Å²) in [7, 11) is 0. The van der Waals surface area contributed by atoms with E-state index in [1.165, 1.54) is 32.4 Å². The highest BCUT2D eigenvalue weighted by atomic mass is 15.3. The average Bonchev–Trinajstić information content (AvgIpc) is 3.12. The van der Waals surface area contributed by atoms with Crippen LogP contribution in [0.1, 0.15) is 53.9 Å². The van der Waals surface area contributed by atoms with Gasteiger partial charge in [-0.2, -0.15) is 0 Å². The summed E-state index contributed by atoms with van der Waals surface area (Å²) in [5, 5.41) is 3.87. The maximum atomic E-state index is 3.87. The Balaban J connectivity index is 2.07. The Hall–Kier alpha value is -0.0800. The summed E-state index contributed by atoms with van der Waals surface area (Å²) in [5.74, 6) is 1.73. The molecule has 2 rings (SSSR count). The van der Waals surface area contributed by atoms with Crippen LogP contribution in [0, 0.1) is 11.8 Å². The average molecular weight is 238 g/mol. The molecule has 1 saturated carbocycles. The third kappa shape index (κ3) is 2.68. The minimum atomic E-state index is 0.383. The van der Waals surface area contributed by atoms with Crippen molar-refractivity contribution in [3.63, 3.8) is 0 Å². The first kappa shape index (κ1) is 13.4. The number of piperazine rings is 1. The summed E-state index contributed by atoms with van der Waals surface area (Å²) >= 11 is 0. The molecule has 1 aliphatic carbocycles. The molecule has 2 heteroatoms. The molecule has 100 valence electrons. The van der Waals surface area contributed by atoms with Gasteiger partial charge in [0, 0.05) is 30.7 Å². The summed E-state index contributed by atoms with van der Waals surface area (Å²) in [4.78, 5) is 2.75. The van der Waals surface area contributed by atoms with E-state index in [9.17, 15) is 0 Å². The largest absolute Gasteiger partial charge is 0.308 e. The van der Waals surface area contributed by atoms with Crippen LogP contribution in [0.3, 0.4) is 0 Å². The Morgan fingerprint density at radius 2 is 1.94 bits per heavy atom. The quantitative estimate of drug-likeness (QED) is 0.810. The van der Waals surface area contributed by atoms with Crippen molar-refractivity contribution in [1.82, 2.24) is 10.2 Å². The highest BCUT2D eigenvalue weighted by molar-refractivity contribution is 5.05. The minimum absolute atomic E-state index is 0.383. The van der Waals surface area contributed by atoms with Crippen LogP contribution < -0.4 is 5.32 Å². The lowest BCUT2D eigenvalue weighted by Gasteiger charge is -2.50. The van der Waals surface area contributed by atoms with E-state index in [4.69, 9.17) is 0 Å². The second kappa shape index (κ2) is 4.89. The molecule has 0 aromatic rings. The zero-order valence-electron chi connectivity index (χ0n) is 12.3. The van der Waals surface area contributed by atoms with E-state index in [1.807, 2.05) is 0 Å². The first-order valence-electron chi connectivity index (χ1n) is 7.48. The van der Waals surface area contributed by atoms with Crippen molar-refractivity contribution in [2.45, 2.75) is 71.5 Å². The van der Waals surface area contributed by atoms with E-state index in [-0.39, 0.29) is 0 Å². The predicted molar refractivity (Wildman–Crippen MR) is 74.2 cm³/mol. The van der Waals surface area contributed by atoms with E-state index < -0.39 is 0 Å². The molecular formula is C15H30N2. The molecular weight excluding hydrogens is 208 g/mol. The van der Waals surface area contributed by atoms with Crippen molar-refractivity contribution < 1.29 is 0 Å².